The third-order valence-electron chi connectivity index (χ3n) is 22.7. The summed E-state index contributed by atoms with van der Waals surface area (Å²) < 4.78 is 44.0. The number of benzene rings is 8. The molecule has 5 nitrogen and oxygen atoms in total. The Morgan fingerprint density at radius 3 is 1.25 bits per heavy atom. The average molecular weight is 1610 g/mol. The molecular weight excluding hydrogens is 1520 g/mol. The summed E-state index contributed by atoms with van der Waals surface area (Å²) in [6.07, 6.45) is 19.0. The van der Waals surface area contributed by atoms with Gasteiger partial charge in [-0.1, -0.05) is 226 Å². The van der Waals surface area contributed by atoms with Gasteiger partial charge in [0.1, 0.15) is 17.4 Å². The summed E-state index contributed by atoms with van der Waals surface area (Å²) in [5, 5.41) is 2.57. The molecule has 0 aliphatic heterocycles. The predicted molar refractivity (Wildman–Crippen MR) is 491 cm³/mol. The zero-order chi connectivity index (χ0) is 78.7. The molecule has 0 saturated carbocycles. The van der Waals surface area contributed by atoms with Crippen molar-refractivity contribution in [2.24, 2.45) is 11.8 Å². The minimum Gasteiger partial charge on any atom is -0.494 e. The van der Waals surface area contributed by atoms with E-state index in [4.69, 9.17) is 24.7 Å². The highest BCUT2D eigenvalue weighted by molar-refractivity contribution is 7.25. The minimum atomic E-state index is -0.512. The first kappa shape index (κ1) is 78.7. The van der Waals surface area contributed by atoms with Crippen LogP contribution in [0.5, 0.6) is 5.75 Å². The second-order valence-electron chi connectivity index (χ2n) is 31.2. The molecule has 16 aromatic rings. The Morgan fingerprint density at radius 2 is 0.754 bits per heavy atom. The summed E-state index contributed by atoms with van der Waals surface area (Å²) in [5.74, 6) is 1.07. The quantitative estimate of drug-likeness (QED) is 0.0405. The molecule has 2 atom stereocenters. The van der Waals surface area contributed by atoms with Gasteiger partial charge in [-0.2, -0.15) is 0 Å². The lowest BCUT2D eigenvalue weighted by Gasteiger charge is -2.16. The zero-order valence-electron chi connectivity index (χ0n) is 67.1. The molecule has 0 amide bonds. The van der Waals surface area contributed by atoms with Crippen molar-refractivity contribution in [1.82, 2.24) is 19.9 Å². The maximum absolute atomic E-state index is 17.5. The normalized spacial score (nSPS) is 12.4. The van der Waals surface area contributed by atoms with E-state index in [0.717, 1.165) is 147 Å². The van der Waals surface area contributed by atoms with E-state index in [1.54, 1.807) is 0 Å². The average Bonchev–Trinajstić information content (AvgIpc) is 1.48. The van der Waals surface area contributed by atoms with Crippen LogP contribution in [-0.4, -0.2) is 26.5 Å². The lowest BCUT2D eigenvalue weighted by Crippen LogP contribution is -2.01. The van der Waals surface area contributed by atoms with Crippen LogP contribution in [0.3, 0.4) is 0 Å². The van der Waals surface area contributed by atoms with Crippen LogP contribution in [0.25, 0.3) is 160 Å². The SMILES string of the molecule is CCCCCCCCOc1cccc(-c2nc3c(-c4ccc(-c5cc(F)c(-c6ccc(-c7ccc(C)c8nc(-c9cccc(C)c9)c(-c9cccc(C)c9)nc78)s6)cc5F)s4)ccc(-c4cc5c(-c6ccc(CC(CC)CCCC)s6)c6sc(C)cc6c(-c6ccc(CC(CC)CCCC)s6)c5s4)c3nc2-c2cccc(C)c2)c1. The number of halogens is 2. The largest absolute Gasteiger partial charge is 0.494 e. The van der Waals surface area contributed by atoms with Crippen molar-refractivity contribution in [3.05, 3.63) is 243 Å². The summed E-state index contributed by atoms with van der Waals surface area (Å²) in [5.41, 5.74) is 20.0. The second-order valence-corrected chi connectivity index (χ2v) is 38.0. The van der Waals surface area contributed by atoms with Crippen LogP contribution in [-0.2, 0) is 12.8 Å². The first-order chi connectivity index (χ1) is 55.6. The number of thiophene rings is 6. The van der Waals surface area contributed by atoms with Gasteiger partial charge in [-0.15, -0.1) is 68.0 Å². The Bertz CT molecular complexity index is 6070. The van der Waals surface area contributed by atoms with Crippen molar-refractivity contribution in [3.63, 3.8) is 0 Å². The van der Waals surface area contributed by atoms with Gasteiger partial charge in [0.15, 0.2) is 0 Å². The summed E-state index contributed by atoms with van der Waals surface area (Å²) >= 11 is 10.6. The third kappa shape index (κ3) is 16.5. The van der Waals surface area contributed by atoms with Gasteiger partial charge in [-0.25, -0.2) is 28.7 Å². The molecule has 2 unspecified atom stereocenters. The van der Waals surface area contributed by atoms with Crippen LogP contribution in [0.15, 0.2) is 194 Å². The number of hydrogen-bond acceptors (Lipinski definition) is 11. The molecule has 0 bridgehead atoms. The Balaban J connectivity index is 0.832. The number of aryl methyl sites for hydroxylation is 5. The van der Waals surface area contributed by atoms with Gasteiger partial charge in [-0.3, -0.25) is 0 Å². The first-order valence-electron chi connectivity index (χ1n) is 41.1. The van der Waals surface area contributed by atoms with E-state index in [1.165, 1.54) is 168 Å². The van der Waals surface area contributed by atoms with Crippen molar-refractivity contribution >= 4 is 110 Å². The highest BCUT2D eigenvalue weighted by Crippen LogP contribution is 2.55. The number of aromatic nitrogens is 4. The molecule has 578 valence electrons. The molecule has 0 radical (unpaired) electrons. The van der Waals surface area contributed by atoms with Gasteiger partial charge >= 0.3 is 0 Å². The van der Waals surface area contributed by atoms with E-state index in [1.807, 2.05) is 75.7 Å². The van der Waals surface area contributed by atoms with Crippen molar-refractivity contribution < 1.29 is 13.5 Å². The minimum absolute atomic E-state index is 0.190. The predicted octanol–water partition coefficient (Wildman–Crippen LogP) is 32.7. The molecule has 0 saturated heterocycles. The van der Waals surface area contributed by atoms with Crippen LogP contribution in [0, 0.1) is 58.1 Å². The van der Waals surface area contributed by atoms with Crippen LogP contribution in [0.2, 0.25) is 0 Å². The summed E-state index contributed by atoms with van der Waals surface area (Å²) in [4.78, 5) is 33.7. The van der Waals surface area contributed by atoms with Gasteiger partial charge in [0.25, 0.3) is 0 Å². The van der Waals surface area contributed by atoms with Gasteiger partial charge in [-0.05, 0) is 174 Å². The molecule has 8 aromatic carbocycles. The highest BCUT2D eigenvalue weighted by atomic mass is 32.1. The molecule has 8 aromatic heterocycles. The molecule has 0 N–H and O–H groups in total. The maximum atomic E-state index is 17.5. The van der Waals surface area contributed by atoms with E-state index in [0.29, 0.717) is 33.7 Å². The van der Waals surface area contributed by atoms with Crippen molar-refractivity contribution in [1.29, 1.82) is 0 Å². The van der Waals surface area contributed by atoms with Gasteiger partial charge in [0, 0.05) is 130 Å². The van der Waals surface area contributed by atoms with Gasteiger partial charge < -0.3 is 4.74 Å². The van der Waals surface area contributed by atoms with E-state index < -0.39 is 11.6 Å². The van der Waals surface area contributed by atoms with Crippen molar-refractivity contribution in [2.45, 2.75) is 172 Å². The molecule has 114 heavy (non-hydrogen) atoms. The fourth-order valence-corrected chi connectivity index (χ4v) is 23.3. The molecule has 0 aliphatic carbocycles. The number of unbranched alkanes of at least 4 members (excludes halogenated alkanes) is 7. The standard InChI is InChI=1S/C101H98F2N4OS6/c1-11-16-19-20-21-22-49-108-71-36-26-35-70(56-71)96-95(69-34-25-29-62(8)52-69)106-99-76(89-59-80-91(88-44-39-73(111-88)55-66(15-5)31-18-13-3)100-79(53-64(10)109-100)90(101(80)114-89)87-43-38-72(110-87)54-65(14-4)30-17-12-2)42-41-75(98(99)107-96)84-46-48-86(113-84)78-58-81(102)77(57-82(78)103)85-47-45-83(112-85)74-40-37-63(9)92-97(74)105-94(68-33-24-28-61(7)51-68)93(104-92)67-32-23-27-60(6)50-67/h23-29,32-48,50-53,56-59,65-66H,11-22,30-31,49,54-55H2,1-10H3. The van der Waals surface area contributed by atoms with Crippen LogP contribution in [0.1, 0.15) is 161 Å². The highest BCUT2D eigenvalue weighted by Gasteiger charge is 2.29. The molecule has 0 fully saturated rings. The number of rotatable bonds is 31. The monoisotopic (exact) mass is 1610 g/mol. The number of ether oxygens (including phenoxy) is 1. The van der Waals surface area contributed by atoms with E-state index in [9.17, 15) is 0 Å². The summed E-state index contributed by atoms with van der Waals surface area (Å²) in [7, 11) is 0. The van der Waals surface area contributed by atoms with Gasteiger partial charge in [0.2, 0.25) is 0 Å². The Kier molecular flexibility index (Phi) is 24.2. The van der Waals surface area contributed by atoms with E-state index >= 15 is 8.78 Å². The number of fused-ring (bicyclic) bond motifs is 4. The number of nitrogens with zero attached hydrogens (tertiary/aromatic N) is 4. The van der Waals surface area contributed by atoms with Crippen molar-refractivity contribution in [2.75, 3.05) is 6.61 Å². The second kappa shape index (κ2) is 35.1. The molecule has 0 aliphatic rings. The Labute approximate surface area is 695 Å². The Morgan fingerprint density at radius 1 is 0.342 bits per heavy atom. The third-order valence-corrected chi connectivity index (χ3v) is 29.5. The smallest absolute Gasteiger partial charge is 0.132 e. The lowest BCUT2D eigenvalue weighted by atomic mass is 9.95. The first-order valence-corrected chi connectivity index (χ1v) is 46.0. The van der Waals surface area contributed by atoms with Gasteiger partial charge in [0.05, 0.1) is 51.4 Å². The molecule has 0 spiro atoms. The van der Waals surface area contributed by atoms with Crippen LogP contribution in [0.4, 0.5) is 8.78 Å². The zero-order valence-corrected chi connectivity index (χ0v) is 72.0. The van der Waals surface area contributed by atoms with E-state index in [-0.39, 0.29) is 11.1 Å². The topological polar surface area (TPSA) is 60.8 Å². The van der Waals surface area contributed by atoms with Crippen molar-refractivity contribution in [3.8, 4) is 124 Å². The van der Waals surface area contributed by atoms with Crippen LogP contribution >= 0.6 is 68.0 Å². The van der Waals surface area contributed by atoms with E-state index in [2.05, 4.69) is 221 Å². The summed E-state index contributed by atoms with van der Waals surface area (Å²) in [6.45, 7) is 22.9. The fraction of sp³-hybridized carbons (Fsp3) is 0.287. The van der Waals surface area contributed by atoms with Crippen LogP contribution < -0.4 is 4.74 Å². The Hall–Kier alpha value is -9.18. The molecular formula is C101H98F2N4OS6. The molecule has 16 rings (SSSR count). The fourth-order valence-electron chi connectivity index (χ4n) is 16.4. The number of hydrogen-bond donors (Lipinski definition) is 0. The lowest BCUT2D eigenvalue weighted by molar-refractivity contribution is 0.304. The summed E-state index contributed by atoms with van der Waals surface area (Å²) in [6, 6.07) is 67.5. The molecule has 13 heteroatoms. The maximum Gasteiger partial charge on any atom is 0.132 e. The molecule has 8 heterocycles.